The molecule has 0 amide bonds. The number of aryl methyl sites for hydroxylation is 1. The Morgan fingerprint density at radius 3 is 2.11 bits per heavy atom. The summed E-state index contributed by atoms with van der Waals surface area (Å²) in [6.07, 6.45) is 1.89. The molecule has 0 aliphatic carbocycles. The van der Waals surface area contributed by atoms with Crippen molar-refractivity contribution in [1.82, 2.24) is 0 Å². The molecule has 3 heteroatoms. The summed E-state index contributed by atoms with van der Waals surface area (Å²) in [6.45, 7) is 0.672. The summed E-state index contributed by atoms with van der Waals surface area (Å²) >= 11 is 0. The Bertz CT molecular complexity index is 521. The van der Waals surface area contributed by atoms with Gasteiger partial charge in [0, 0.05) is 0 Å². The normalized spacial score (nSPS) is 10.6. The minimum Gasteiger partial charge on any atom is -0.330 e. The third-order valence-electron chi connectivity index (χ3n) is 2.88. The van der Waals surface area contributed by atoms with E-state index < -0.39 is 11.6 Å². The van der Waals surface area contributed by atoms with Gasteiger partial charge in [-0.2, -0.15) is 0 Å². The first kappa shape index (κ1) is 12.7. The summed E-state index contributed by atoms with van der Waals surface area (Å²) in [7, 11) is 0. The van der Waals surface area contributed by atoms with Crippen LogP contribution in [0.2, 0.25) is 0 Å². The van der Waals surface area contributed by atoms with Gasteiger partial charge in [-0.25, -0.2) is 8.78 Å². The maximum atomic E-state index is 13.1. The van der Waals surface area contributed by atoms with E-state index in [-0.39, 0.29) is 0 Å². The fourth-order valence-corrected chi connectivity index (χ4v) is 1.85. The molecule has 0 saturated carbocycles. The van der Waals surface area contributed by atoms with Gasteiger partial charge in [0.2, 0.25) is 0 Å². The lowest BCUT2D eigenvalue weighted by Crippen LogP contribution is -2.00. The molecular weight excluding hydrogens is 232 g/mol. The molecule has 0 aliphatic heterocycles. The highest BCUT2D eigenvalue weighted by atomic mass is 19.2. The van der Waals surface area contributed by atoms with Crippen LogP contribution in [-0.2, 0) is 6.42 Å². The molecule has 0 unspecified atom stereocenters. The van der Waals surface area contributed by atoms with Crippen molar-refractivity contribution in [2.75, 3.05) is 6.54 Å². The molecule has 94 valence electrons. The molecule has 0 bridgehead atoms. The molecule has 0 saturated heterocycles. The zero-order valence-corrected chi connectivity index (χ0v) is 10.00. The zero-order chi connectivity index (χ0) is 13.0. The average molecular weight is 247 g/mol. The van der Waals surface area contributed by atoms with Gasteiger partial charge in [-0.3, -0.25) is 0 Å². The van der Waals surface area contributed by atoms with Crippen LogP contribution in [0.1, 0.15) is 12.0 Å². The largest absolute Gasteiger partial charge is 0.330 e. The highest BCUT2D eigenvalue weighted by molar-refractivity contribution is 5.63. The maximum Gasteiger partial charge on any atom is 0.159 e. The van der Waals surface area contributed by atoms with Gasteiger partial charge in [0.15, 0.2) is 11.6 Å². The van der Waals surface area contributed by atoms with Crippen molar-refractivity contribution in [2.24, 2.45) is 5.73 Å². The molecule has 0 aromatic heterocycles. The second-order valence-electron chi connectivity index (χ2n) is 4.22. The van der Waals surface area contributed by atoms with E-state index in [1.54, 1.807) is 6.07 Å². The zero-order valence-electron chi connectivity index (χ0n) is 10.00. The smallest absolute Gasteiger partial charge is 0.159 e. The molecular formula is C15H15F2N. The minimum atomic E-state index is -0.821. The molecule has 0 heterocycles. The first-order chi connectivity index (χ1) is 8.70. The van der Waals surface area contributed by atoms with Crippen LogP contribution < -0.4 is 5.73 Å². The lowest BCUT2D eigenvalue weighted by atomic mass is 10.0. The lowest BCUT2D eigenvalue weighted by Gasteiger charge is -2.05. The molecule has 0 atom stereocenters. The van der Waals surface area contributed by atoms with Crippen LogP contribution in [0.5, 0.6) is 0 Å². The predicted molar refractivity (Wildman–Crippen MR) is 69.2 cm³/mol. The van der Waals surface area contributed by atoms with Crippen LogP contribution in [-0.4, -0.2) is 6.54 Å². The van der Waals surface area contributed by atoms with Crippen molar-refractivity contribution in [3.63, 3.8) is 0 Å². The van der Waals surface area contributed by atoms with E-state index in [1.165, 1.54) is 11.6 Å². The highest BCUT2D eigenvalue weighted by Gasteiger charge is 2.04. The van der Waals surface area contributed by atoms with Gasteiger partial charge in [0.05, 0.1) is 0 Å². The molecule has 0 spiro atoms. The molecule has 2 N–H and O–H groups in total. The van der Waals surface area contributed by atoms with Gasteiger partial charge < -0.3 is 5.73 Å². The Morgan fingerprint density at radius 2 is 1.50 bits per heavy atom. The Labute approximate surface area is 105 Å². The predicted octanol–water partition coefficient (Wildman–Crippen LogP) is 3.52. The van der Waals surface area contributed by atoms with Gasteiger partial charge in [-0.15, -0.1) is 0 Å². The standard InChI is InChI=1S/C15H15F2N/c16-14-8-7-13(10-15(14)17)12-5-3-11(4-6-12)2-1-9-18/h3-8,10H,1-2,9,18H2. The second kappa shape index (κ2) is 5.74. The summed E-state index contributed by atoms with van der Waals surface area (Å²) in [6, 6.07) is 11.8. The van der Waals surface area contributed by atoms with Crippen molar-refractivity contribution < 1.29 is 8.78 Å². The molecule has 1 nitrogen and oxygen atoms in total. The topological polar surface area (TPSA) is 26.0 Å². The number of benzene rings is 2. The van der Waals surface area contributed by atoms with Gasteiger partial charge >= 0.3 is 0 Å². The molecule has 18 heavy (non-hydrogen) atoms. The minimum absolute atomic E-state index is 0.672. The van der Waals surface area contributed by atoms with Crippen LogP contribution in [0.15, 0.2) is 42.5 Å². The SMILES string of the molecule is NCCCc1ccc(-c2ccc(F)c(F)c2)cc1. The quantitative estimate of drug-likeness (QED) is 0.878. The van der Waals surface area contributed by atoms with E-state index in [4.69, 9.17) is 5.73 Å². The summed E-state index contributed by atoms with van der Waals surface area (Å²) in [5.41, 5.74) is 8.21. The van der Waals surface area contributed by atoms with Crippen LogP contribution >= 0.6 is 0 Å². The van der Waals surface area contributed by atoms with E-state index in [0.717, 1.165) is 24.5 Å². The third-order valence-corrected chi connectivity index (χ3v) is 2.88. The summed E-state index contributed by atoms with van der Waals surface area (Å²) < 4.78 is 26.0. The van der Waals surface area contributed by atoms with Crippen molar-refractivity contribution >= 4 is 0 Å². The maximum absolute atomic E-state index is 13.1. The Balaban J connectivity index is 2.20. The molecule has 2 rings (SSSR count). The van der Waals surface area contributed by atoms with Crippen LogP contribution in [0.25, 0.3) is 11.1 Å². The molecule has 0 aliphatic rings. The Hall–Kier alpha value is -1.74. The molecule has 2 aromatic rings. The van der Waals surface area contributed by atoms with Crippen LogP contribution in [0.3, 0.4) is 0 Å². The van der Waals surface area contributed by atoms with Crippen molar-refractivity contribution in [2.45, 2.75) is 12.8 Å². The van der Waals surface area contributed by atoms with Gasteiger partial charge in [0.1, 0.15) is 0 Å². The third kappa shape index (κ3) is 2.93. The Kier molecular flexibility index (Phi) is 4.05. The van der Waals surface area contributed by atoms with E-state index in [2.05, 4.69) is 0 Å². The van der Waals surface area contributed by atoms with E-state index >= 15 is 0 Å². The fraction of sp³-hybridized carbons (Fsp3) is 0.200. The van der Waals surface area contributed by atoms with Gasteiger partial charge in [0.25, 0.3) is 0 Å². The summed E-state index contributed by atoms with van der Waals surface area (Å²) in [5.74, 6) is -1.64. The average Bonchev–Trinajstić information content (AvgIpc) is 2.40. The first-order valence-corrected chi connectivity index (χ1v) is 5.95. The molecule has 2 aromatic carbocycles. The van der Waals surface area contributed by atoms with E-state index in [0.29, 0.717) is 12.1 Å². The number of halogens is 2. The highest BCUT2D eigenvalue weighted by Crippen LogP contribution is 2.22. The molecule has 0 fully saturated rings. The van der Waals surface area contributed by atoms with Gasteiger partial charge in [-0.05, 0) is 48.2 Å². The van der Waals surface area contributed by atoms with Crippen molar-refractivity contribution in [1.29, 1.82) is 0 Å². The molecule has 0 radical (unpaired) electrons. The van der Waals surface area contributed by atoms with Crippen molar-refractivity contribution in [3.8, 4) is 11.1 Å². The van der Waals surface area contributed by atoms with E-state index in [1.807, 2.05) is 24.3 Å². The van der Waals surface area contributed by atoms with E-state index in [9.17, 15) is 8.78 Å². The summed E-state index contributed by atoms with van der Waals surface area (Å²) in [5, 5.41) is 0. The summed E-state index contributed by atoms with van der Waals surface area (Å²) in [4.78, 5) is 0. The number of nitrogens with two attached hydrogens (primary N) is 1. The van der Waals surface area contributed by atoms with Crippen LogP contribution in [0.4, 0.5) is 8.78 Å². The lowest BCUT2D eigenvalue weighted by molar-refractivity contribution is 0.509. The number of rotatable bonds is 4. The van der Waals surface area contributed by atoms with Crippen molar-refractivity contribution in [3.05, 3.63) is 59.7 Å². The number of hydrogen-bond donors (Lipinski definition) is 1. The monoisotopic (exact) mass is 247 g/mol. The van der Waals surface area contributed by atoms with Crippen LogP contribution in [0, 0.1) is 11.6 Å². The number of hydrogen-bond acceptors (Lipinski definition) is 1. The second-order valence-corrected chi connectivity index (χ2v) is 4.22. The fourth-order valence-electron chi connectivity index (χ4n) is 1.85. The Morgan fingerprint density at radius 1 is 0.833 bits per heavy atom. The van der Waals surface area contributed by atoms with Gasteiger partial charge in [-0.1, -0.05) is 30.3 Å². The first-order valence-electron chi connectivity index (χ1n) is 5.95.